The molecule has 1 unspecified atom stereocenters. The van der Waals surface area contributed by atoms with Gasteiger partial charge >= 0.3 is 5.97 Å². The molecule has 1 aliphatic rings. The second kappa shape index (κ2) is 4.88. The Morgan fingerprint density at radius 2 is 2.11 bits per heavy atom. The topological polar surface area (TPSA) is 72.4 Å². The van der Waals surface area contributed by atoms with Crippen molar-refractivity contribution in [1.82, 2.24) is 10.2 Å². The van der Waals surface area contributed by atoms with Crippen LogP contribution in [0.15, 0.2) is 0 Å². The zero-order valence-corrected chi connectivity index (χ0v) is 12.3. The number of aromatic nitrogens is 2. The summed E-state index contributed by atoms with van der Waals surface area (Å²) < 4.78 is 4.68. The molecule has 0 spiro atoms. The highest BCUT2D eigenvalue weighted by atomic mass is 32.1. The van der Waals surface area contributed by atoms with E-state index in [0.29, 0.717) is 11.7 Å². The molecule has 0 aromatic carbocycles. The Labute approximate surface area is 115 Å². The monoisotopic (exact) mass is 283 g/mol. The molecule has 1 saturated heterocycles. The van der Waals surface area contributed by atoms with Crippen LogP contribution in [0, 0.1) is 5.92 Å². The van der Waals surface area contributed by atoms with Crippen LogP contribution in [0.1, 0.15) is 32.2 Å². The molecule has 0 radical (unpaired) electrons. The highest BCUT2D eigenvalue weighted by Gasteiger charge is 2.37. The van der Waals surface area contributed by atoms with E-state index < -0.39 is 5.92 Å². The minimum absolute atomic E-state index is 0.0968. The fraction of sp³-hybridized carbons (Fsp3) is 0.667. The summed E-state index contributed by atoms with van der Waals surface area (Å²) in [5.74, 6) is -0.858. The lowest BCUT2D eigenvalue weighted by Gasteiger charge is -2.13. The summed E-state index contributed by atoms with van der Waals surface area (Å²) in [5.41, 5.74) is -0.0968. The minimum Gasteiger partial charge on any atom is -0.469 e. The molecule has 0 bridgehead atoms. The SMILES string of the molecule is COC(=O)C1CC(=O)N(c2nnc(C(C)(C)C)s2)C1. The van der Waals surface area contributed by atoms with Crippen molar-refractivity contribution in [2.24, 2.45) is 5.92 Å². The number of hydrogen-bond acceptors (Lipinski definition) is 6. The molecule has 1 amide bonds. The van der Waals surface area contributed by atoms with Gasteiger partial charge in [0, 0.05) is 18.4 Å². The van der Waals surface area contributed by atoms with Gasteiger partial charge in [0.15, 0.2) is 0 Å². The highest BCUT2D eigenvalue weighted by Crippen LogP contribution is 2.32. The number of carbonyl (C=O) groups is 2. The predicted octanol–water partition coefficient (Wildman–Crippen LogP) is 1.36. The maximum absolute atomic E-state index is 11.9. The summed E-state index contributed by atoms with van der Waals surface area (Å²) in [5, 5.41) is 9.60. The van der Waals surface area contributed by atoms with Gasteiger partial charge in [-0.2, -0.15) is 0 Å². The van der Waals surface area contributed by atoms with Crippen molar-refractivity contribution < 1.29 is 14.3 Å². The molecule has 19 heavy (non-hydrogen) atoms. The maximum Gasteiger partial charge on any atom is 0.311 e. The molecule has 1 fully saturated rings. The normalized spacial score (nSPS) is 19.9. The van der Waals surface area contributed by atoms with Crippen LogP contribution in [-0.4, -0.2) is 35.7 Å². The lowest BCUT2D eigenvalue weighted by atomic mass is 9.98. The van der Waals surface area contributed by atoms with E-state index in [1.807, 2.05) is 20.8 Å². The first-order valence-electron chi connectivity index (χ1n) is 6.05. The Kier molecular flexibility index (Phi) is 3.58. The highest BCUT2D eigenvalue weighted by molar-refractivity contribution is 7.15. The summed E-state index contributed by atoms with van der Waals surface area (Å²) in [6.07, 6.45) is 0.178. The number of anilines is 1. The predicted molar refractivity (Wildman–Crippen MR) is 71.1 cm³/mol. The van der Waals surface area contributed by atoms with E-state index in [-0.39, 0.29) is 23.7 Å². The molecule has 0 aliphatic carbocycles. The molecule has 1 atom stereocenters. The molecule has 1 aliphatic heterocycles. The second-order valence-corrected chi connectivity index (χ2v) is 6.52. The maximum atomic E-state index is 11.9. The molecular weight excluding hydrogens is 266 g/mol. The third kappa shape index (κ3) is 2.75. The van der Waals surface area contributed by atoms with Crippen LogP contribution in [0.4, 0.5) is 5.13 Å². The zero-order valence-electron chi connectivity index (χ0n) is 11.5. The van der Waals surface area contributed by atoms with E-state index in [4.69, 9.17) is 0 Å². The van der Waals surface area contributed by atoms with Gasteiger partial charge in [-0.1, -0.05) is 32.1 Å². The van der Waals surface area contributed by atoms with Crippen LogP contribution in [0.3, 0.4) is 0 Å². The fourth-order valence-corrected chi connectivity index (χ4v) is 2.77. The smallest absolute Gasteiger partial charge is 0.311 e. The Balaban J connectivity index is 2.17. The minimum atomic E-state index is -0.403. The van der Waals surface area contributed by atoms with E-state index in [0.717, 1.165) is 5.01 Å². The Morgan fingerprint density at radius 3 is 2.63 bits per heavy atom. The number of hydrogen-bond donors (Lipinski definition) is 0. The van der Waals surface area contributed by atoms with Crippen LogP contribution in [0.2, 0.25) is 0 Å². The number of methoxy groups -OCH3 is 1. The third-order valence-corrected chi connectivity index (χ3v) is 4.32. The molecule has 1 aromatic rings. The molecule has 2 heterocycles. The second-order valence-electron chi connectivity index (χ2n) is 5.57. The molecule has 0 saturated carbocycles. The molecule has 7 heteroatoms. The summed E-state index contributed by atoms with van der Waals surface area (Å²) in [6.45, 7) is 6.45. The van der Waals surface area contributed by atoms with E-state index in [2.05, 4.69) is 14.9 Å². The number of ether oxygens (including phenoxy) is 1. The number of amides is 1. The van der Waals surface area contributed by atoms with Crippen molar-refractivity contribution in [3.63, 3.8) is 0 Å². The summed E-state index contributed by atoms with van der Waals surface area (Å²) in [4.78, 5) is 24.9. The number of rotatable bonds is 2. The van der Waals surface area contributed by atoms with Gasteiger partial charge in [-0.25, -0.2) is 0 Å². The van der Waals surface area contributed by atoms with Gasteiger partial charge < -0.3 is 4.74 Å². The van der Waals surface area contributed by atoms with E-state index in [1.54, 1.807) is 0 Å². The first-order chi connectivity index (χ1) is 8.82. The van der Waals surface area contributed by atoms with Gasteiger partial charge in [-0.3, -0.25) is 14.5 Å². The summed E-state index contributed by atoms with van der Waals surface area (Å²) in [7, 11) is 1.33. The summed E-state index contributed by atoms with van der Waals surface area (Å²) in [6, 6.07) is 0. The van der Waals surface area contributed by atoms with Gasteiger partial charge in [0.05, 0.1) is 13.0 Å². The van der Waals surface area contributed by atoms with Crippen molar-refractivity contribution in [2.75, 3.05) is 18.6 Å². The number of nitrogens with zero attached hydrogens (tertiary/aromatic N) is 3. The zero-order chi connectivity index (χ0) is 14.2. The molecule has 2 rings (SSSR count). The van der Waals surface area contributed by atoms with Gasteiger partial charge in [-0.05, 0) is 0 Å². The van der Waals surface area contributed by atoms with Crippen LogP contribution < -0.4 is 4.90 Å². The van der Waals surface area contributed by atoms with Crippen molar-refractivity contribution in [3.8, 4) is 0 Å². The van der Waals surface area contributed by atoms with Crippen LogP contribution >= 0.6 is 11.3 Å². The summed E-state index contributed by atoms with van der Waals surface area (Å²) >= 11 is 1.39. The lowest BCUT2D eigenvalue weighted by Crippen LogP contribution is -2.26. The van der Waals surface area contributed by atoms with E-state index in [9.17, 15) is 9.59 Å². The Morgan fingerprint density at radius 1 is 1.42 bits per heavy atom. The molecule has 0 N–H and O–H groups in total. The average Bonchev–Trinajstić information content (AvgIpc) is 2.93. The number of esters is 1. The van der Waals surface area contributed by atoms with Crippen molar-refractivity contribution in [2.45, 2.75) is 32.6 Å². The van der Waals surface area contributed by atoms with Gasteiger partial charge in [-0.15, -0.1) is 10.2 Å². The average molecular weight is 283 g/mol. The van der Waals surface area contributed by atoms with Crippen LogP contribution in [-0.2, 0) is 19.7 Å². The molecule has 1 aromatic heterocycles. The largest absolute Gasteiger partial charge is 0.469 e. The fourth-order valence-electron chi connectivity index (χ4n) is 1.84. The first-order valence-corrected chi connectivity index (χ1v) is 6.86. The molecule has 104 valence electrons. The first kappa shape index (κ1) is 13.9. The van der Waals surface area contributed by atoms with Crippen LogP contribution in [0.5, 0.6) is 0 Å². The van der Waals surface area contributed by atoms with Gasteiger partial charge in [0.2, 0.25) is 11.0 Å². The number of carbonyl (C=O) groups excluding carboxylic acids is 2. The Hall–Kier alpha value is -1.50. The van der Waals surface area contributed by atoms with Crippen LogP contribution in [0.25, 0.3) is 0 Å². The van der Waals surface area contributed by atoms with Gasteiger partial charge in [0.1, 0.15) is 5.01 Å². The standard InChI is InChI=1S/C12H17N3O3S/c1-12(2,3)10-13-14-11(19-10)15-6-7(5-8(15)16)9(17)18-4/h7H,5-6H2,1-4H3. The Bertz CT molecular complexity index is 507. The lowest BCUT2D eigenvalue weighted by molar-refractivity contribution is -0.145. The van der Waals surface area contributed by atoms with E-state index in [1.165, 1.54) is 23.3 Å². The van der Waals surface area contributed by atoms with E-state index >= 15 is 0 Å². The quantitative estimate of drug-likeness (QED) is 0.766. The van der Waals surface area contributed by atoms with Crippen molar-refractivity contribution >= 4 is 28.3 Å². The molecular formula is C12H17N3O3S. The molecule has 6 nitrogen and oxygen atoms in total. The third-order valence-electron chi connectivity index (χ3n) is 2.95. The van der Waals surface area contributed by atoms with Crippen molar-refractivity contribution in [3.05, 3.63) is 5.01 Å². The van der Waals surface area contributed by atoms with Crippen molar-refractivity contribution in [1.29, 1.82) is 0 Å². The van der Waals surface area contributed by atoms with Gasteiger partial charge in [0.25, 0.3) is 0 Å².